The number of alkyl carbamates (subject to hydrolysis) is 1. The van der Waals surface area contributed by atoms with Crippen LogP contribution in [0.1, 0.15) is 58.4 Å². The molecule has 1 aromatic carbocycles. The maximum atomic E-state index is 12.9. The van der Waals surface area contributed by atoms with E-state index in [2.05, 4.69) is 10.6 Å². The van der Waals surface area contributed by atoms with E-state index in [1.165, 1.54) is 6.92 Å². The topological polar surface area (TPSA) is 111 Å². The first-order valence-corrected chi connectivity index (χ1v) is 11.2. The van der Waals surface area contributed by atoms with Gasteiger partial charge in [0.05, 0.1) is 5.41 Å². The van der Waals surface area contributed by atoms with Crippen molar-refractivity contribution in [2.75, 3.05) is 13.3 Å². The molecule has 1 aliphatic carbocycles. The van der Waals surface area contributed by atoms with E-state index < -0.39 is 30.3 Å². The van der Waals surface area contributed by atoms with Crippen molar-refractivity contribution in [1.29, 1.82) is 0 Å². The van der Waals surface area contributed by atoms with E-state index in [0.717, 1.165) is 12.8 Å². The highest BCUT2D eigenvalue weighted by Gasteiger charge is 2.43. The van der Waals surface area contributed by atoms with Crippen LogP contribution in [0.25, 0.3) is 0 Å². The van der Waals surface area contributed by atoms with Gasteiger partial charge in [-0.1, -0.05) is 50.1 Å². The number of nitrogens with one attached hydrogen (secondary N) is 2. The Balaban J connectivity index is 1.94. The second-order valence-electron chi connectivity index (χ2n) is 8.44. The molecule has 1 fully saturated rings. The van der Waals surface area contributed by atoms with Gasteiger partial charge in [-0.05, 0) is 36.8 Å². The Kier molecular flexibility index (Phi) is 9.50. The number of carbonyl (C=O) groups excluding carboxylic acids is 4. The van der Waals surface area contributed by atoms with Crippen molar-refractivity contribution < 1.29 is 28.7 Å². The molecule has 0 aliphatic heterocycles. The van der Waals surface area contributed by atoms with Crippen LogP contribution in [0, 0.1) is 5.92 Å². The molecule has 2 rings (SSSR count). The Morgan fingerprint density at radius 1 is 1.16 bits per heavy atom. The lowest BCUT2D eigenvalue weighted by atomic mass is 9.68. The van der Waals surface area contributed by atoms with E-state index in [4.69, 9.17) is 21.1 Å². The summed E-state index contributed by atoms with van der Waals surface area (Å²) in [4.78, 5) is 48.6. The normalized spacial score (nSPS) is 19.2. The SMILES string of the molecule is CC(=O)N[C@@H](CC(C)C)C(=O)OCOC(=O)NC[C@]1(c2ccccc2Cl)CCCCC1=O. The van der Waals surface area contributed by atoms with E-state index in [-0.39, 0.29) is 24.2 Å². The molecule has 0 saturated heterocycles. The van der Waals surface area contributed by atoms with Crippen LogP contribution in [0.2, 0.25) is 5.02 Å². The first kappa shape index (κ1) is 25.6. The van der Waals surface area contributed by atoms with E-state index >= 15 is 0 Å². The highest BCUT2D eigenvalue weighted by molar-refractivity contribution is 6.31. The molecule has 1 saturated carbocycles. The summed E-state index contributed by atoms with van der Waals surface area (Å²) in [5.74, 6) is -0.863. The lowest BCUT2D eigenvalue weighted by Gasteiger charge is -2.36. The molecule has 176 valence electrons. The molecule has 32 heavy (non-hydrogen) atoms. The summed E-state index contributed by atoms with van der Waals surface area (Å²) in [5.41, 5.74) is -0.231. The fourth-order valence-electron chi connectivity index (χ4n) is 3.95. The molecular weight excluding hydrogens is 436 g/mol. The van der Waals surface area contributed by atoms with Crippen molar-refractivity contribution >= 4 is 35.4 Å². The Morgan fingerprint density at radius 2 is 1.88 bits per heavy atom. The van der Waals surface area contributed by atoms with Crippen LogP contribution in [-0.2, 0) is 29.3 Å². The van der Waals surface area contributed by atoms with E-state index in [9.17, 15) is 19.2 Å². The molecular formula is C23H31ClN2O6. The van der Waals surface area contributed by atoms with Crippen LogP contribution < -0.4 is 10.6 Å². The van der Waals surface area contributed by atoms with Gasteiger partial charge in [0.2, 0.25) is 12.7 Å². The number of ether oxygens (including phenoxy) is 2. The predicted octanol–water partition coefficient (Wildman–Crippen LogP) is 3.50. The minimum Gasteiger partial charge on any atom is -0.426 e. The van der Waals surface area contributed by atoms with Gasteiger partial charge in [-0.2, -0.15) is 0 Å². The number of halogens is 1. The third-order valence-electron chi connectivity index (χ3n) is 5.48. The second kappa shape index (κ2) is 11.9. The van der Waals surface area contributed by atoms with Gasteiger partial charge >= 0.3 is 12.1 Å². The highest BCUT2D eigenvalue weighted by atomic mass is 35.5. The zero-order valence-electron chi connectivity index (χ0n) is 18.7. The van der Waals surface area contributed by atoms with Gasteiger partial charge in [-0.15, -0.1) is 0 Å². The van der Waals surface area contributed by atoms with Crippen LogP contribution in [-0.4, -0.2) is 43.1 Å². The fraction of sp³-hybridized carbons (Fsp3) is 0.565. The number of amides is 2. The molecule has 0 bridgehead atoms. The molecule has 0 radical (unpaired) electrons. The standard InChI is InChI=1S/C23H31ClN2O6/c1-15(2)12-19(26-16(3)27)21(29)31-14-32-22(30)25-13-23(11-7-6-10-20(23)28)17-8-4-5-9-18(17)24/h4-5,8-9,15,19H,6-7,10-14H2,1-3H3,(H,25,30)(H,26,27)/t19-,23-/m0/s1. The maximum absolute atomic E-state index is 12.9. The molecule has 0 aromatic heterocycles. The summed E-state index contributed by atoms with van der Waals surface area (Å²) in [6.45, 7) is 4.56. The van der Waals surface area contributed by atoms with Gasteiger partial charge < -0.3 is 20.1 Å². The van der Waals surface area contributed by atoms with Gasteiger partial charge in [0.15, 0.2) is 0 Å². The van der Waals surface area contributed by atoms with Crippen molar-refractivity contribution in [1.82, 2.24) is 10.6 Å². The molecule has 0 spiro atoms. The number of hydrogen-bond donors (Lipinski definition) is 2. The third kappa shape index (κ3) is 6.95. The van der Waals surface area contributed by atoms with Crippen LogP contribution >= 0.6 is 11.6 Å². The molecule has 1 aliphatic rings. The van der Waals surface area contributed by atoms with Gasteiger partial charge in [0.25, 0.3) is 0 Å². The van der Waals surface area contributed by atoms with Gasteiger partial charge in [-0.25, -0.2) is 9.59 Å². The van der Waals surface area contributed by atoms with E-state index in [1.54, 1.807) is 18.2 Å². The Bertz CT molecular complexity index is 844. The summed E-state index contributed by atoms with van der Waals surface area (Å²) in [6, 6.07) is 6.31. The number of benzene rings is 1. The summed E-state index contributed by atoms with van der Waals surface area (Å²) in [5, 5.41) is 5.62. The zero-order valence-corrected chi connectivity index (χ0v) is 19.5. The number of hydrogen-bond acceptors (Lipinski definition) is 6. The quantitative estimate of drug-likeness (QED) is 0.425. The summed E-state index contributed by atoms with van der Waals surface area (Å²) >= 11 is 6.36. The monoisotopic (exact) mass is 466 g/mol. The first-order chi connectivity index (χ1) is 15.2. The predicted molar refractivity (Wildman–Crippen MR) is 119 cm³/mol. The largest absolute Gasteiger partial charge is 0.426 e. The van der Waals surface area contributed by atoms with Crippen molar-refractivity contribution in [3.05, 3.63) is 34.9 Å². The van der Waals surface area contributed by atoms with Crippen molar-refractivity contribution in [3.63, 3.8) is 0 Å². The van der Waals surface area contributed by atoms with E-state index in [0.29, 0.717) is 29.8 Å². The number of rotatable bonds is 9. The Hall–Kier alpha value is -2.61. The van der Waals surface area contributed by atoms with Gasteiger partial charge in [-0.3, -0.25) is 9.59 Å². The zero-order chi connectivity index (χ0) is 23.7. The minimum absolute atomic E-state index is 0.0235. The summed E-state index contributed by atoms with van der Waals surface area (Å²) in [6.07, 6.45) is 2.21. The molecule has 2 amide bonds. The Morgan fingerprint density at radius 3 is 2.50 bits per heavy atom. The van der Waals surface area contributed by atoms with Gasteiger partial charge in [0, 0.05) is 24.9 Å². The first-order valence-electron chi connectivity index (χ1n) is 10.8. The third-order valence-corrected chi connectivity index (χ3v) is 5.80. The van der Waals surface area contributed by atoms with Crippen LogP contribution in [0.5, 0.6) is 0 Å². The van der Waals surface area contributed by atoms with Crippen LogP contribution in [0.4, 0.5) is 4.79 Å². The summed E-state index contributed by atoms with van der Waals surface area (Å²) in [7, 11) is 0. The van der Waals surface area contributed by atoms with Crippen molar-refractivity contribution in [2.45, 2.75) is 64.3 Å². The lowest BCUT2D eigenvalue weighted by Crippen LogP contribution is -2.48. The number of carbonyl (C=O) groups is 4. The number of Topliss-reactive ketones (excluding diaryl/α,β-unsaturated/α-hetero) is 1. The Labute approximate surface area is 193 Å². The number of esters is 1. The number of ketones is 1. The molecule has 1 aromatic rings. The molecule has 2 N–H and O–H groups in total. The lowest BCUT2D eigenvalue weighted by molar-refractivity contribution is -0.156. The summed E-state index contributed by atoms with van der Waals surface area (Å²) < 4.78 is 9.95. The fourth-order valence-corrected chi connectivity index (χ4v) is 4.27. The van der Waals surface area contributed by atoms with Crippen LogP contribution in [0.3, 0.4) is 0 Å². The molecule has 0 heterocycles. The average molecular weight is 467 g/mol. The average Bonchev–Trinajstić information content (AvgIpc) is 2.72. The van der Waals surface area contributed by atoms with Crippen molar-refractivity contribution in [2.24, 2.45) is 5.92 Å². The van der Waals surface area contributed by atoms with Crippen LogP contribution in [0.15, 0.2) is 24.3 Å². The molecule has 2 atom stereocenters. The molecule has 9 heteroatoms. The molecule has 0 unspecified atom stereocenters. The van der Waals surface area contributed by atoms with Gasteiger partial charge in [0.1, 0.15) is 11.8 Å². The smallest absolute Gasteiger partial charge is 0.410 e. The highest BCUT2D eigenvalue weighted by Crippen LogP contribution is 2.39. The van der Waals surface area contributed by atoms with E-state index in [1.807, 2.05) is 19.9 Å². The van der Waals surface area contributed by atoms with Crippen molar-refractivity contribution in [3.8, 4) is 0 Å². The minimum atomic E-state index is -0.917. The maximum Gasteiger partial charge on any atom is 0.410 e. The second-order valence-corrected chi connectivity index (χ2v) is 8.85. The molecule has 8 nitrogen and oxygen atoms in total.